The first-order valence-corrected chi connectivity index (χ1v) is 8.39. The molecule has 0 saturated heterocycles. The van der Waals surface area contributed by atoms with E-state index in [1.807, 2.05) is 24.3 Å². The molecular formula is C20H23N3O4. The summed E-state index contributed by atoms with van der Waals surface area (Å²) in [7, 11) is 3.10. The maximum atomic E-state index is 12.2. The van der Waals surface area contributed by atoms with Gasteiger partial charge in [-0.3, -0.25) is 9.59 Å². The van der Waals surface area contributed by atoms with Crippen LogP contribution in [0, 0.1) is 0 Å². The molecule has 2 N–H and O–H groups in total. The number of para-hydroxylation sites is 1. The average Bonchev–Trinajstić information content (AvgIpc) is 2.70. The average molecular weight is 369 g/mol. The molecule has 2 aromatic carbocycles. The number of hydrazone groups is 1. The van der Waals surface area contributed by atoms with Crippen LogP contribution in [0.25, 0.3) is 0 Å². The highest BCUT2D eigenvalue weighted by molar-refractivity contribution is 6.01. The predicted octanol–water partition coefficient (Wildman–Crippen LogP) is 2.52. The molecule has 0 atom stereocenters. The molecule has 0 bridgehead atoms. The molecule has 2 aromatic rings. The van der Waals surface area contributed by atoms with Crippen LogP contribution in [0.2, 0.25) is 0 Å². The van der Waals surface area contributed by atoms with E-state index in [1.54, 1.807) is 38.3 Å². The number of benzene rings is 2. The van der Waals surface area contributed by atoms with Gasteiger partial charge in [-0.05, 0) is 36.8 Å². The maximum absolute atomic E-state index is 12.2. The number of methoxy groups -OCH3 is 2. The number of ether oxygens (including phenoxy) is 2. The van der Waals surface area contributed by atoms with E-state index in [2.05, 4.69) is 15.8 Å². The number of carbonyl (C=O) groups is 2. The summed E-state index contributed by atoms with van der Waals surface area (Å²) in [4.78, 5) is 24.2. The van der Waals surface area contributed by atoms with Gasteiger partial charge in [0.15, 0.2) is 0 Å². The van der Waals surface area contributed by atoms with E-state index in [0.717, 1.165) is 11.3 Å². The van der Waals surface area contributed by atoms with Crippen molar-refractivity contribution in [1.82, 2.24) is 10.7 Å². The number of amides is 2. The first-order valence-electron chi connectivity index (χ1n) is 8.39. The van der Waals surface area contributed by atoms with Crippen LogP contribution in [-0.2, 0) is 11.3 Å². The van der Waals surface area contributed by atoms with Crippen LogP contribution in [0.4, 0.5) is 0 Å². The van der Waals surface area contributed by atoms with E-state index in [0.29, 0.717) is 23.6 Å². The number of rotatable bonds is 8. The highest BCUT2D eigenvalue weighted by Crippen LogP contribution is 2.16. The third kappa shape index (κ3) is 6.14. The summed E-state index contributed by atoms with van der Waals surface area (Å²) in [5, 5.41) is 6.79. The van der Waals surface area contributed by atoms with Crippen molar-refractivity contribution < 1.29 is 19.1 Å². The van der Waals surface area contributed by atoms with Gasteiger partial charge in [0.05, 0.1) is 26.2 Å². The second-order valence-corrected chi connectivity index (χ2v) is 5.79. The lowest BCUT2D eigenvalue weighted by Gasteiger charge is -2.08. The molecule has 27 heavy (non-hydrogen) atoms. The molecule has 0 aliphatic carbocycles. The molecule has 2 amide bonds. The summed E-state index contributed by atoms with van der Waals surface area (Å²) < 4.78 is 10.2. The molecule has 0 heterocycles. The lowest BCUT2D eigenvalue weighted by atomic mass is 10.2. The maximum Gasteiger partial charge on any atom is 0.275 e. The normalized spacial score (nSPS) is 10.9. The number of nitrogens with zero attached hydrogens (tertiary/aromatic N) is 1. The van der Waals surface area contributed by atoms with E-state index in [1.165, 1.54) is 7.11 Å². The van der Waals surface area contributed by atoms with Crippen LogP contribution in [-0.4, -0.2) is 31.7 Å². The minimum atomic E-state index is -0.398. The second-order valence-electron chi connectivity index (χ2n) is 5.79. The van der Waals surface area contributed by atoms with Crippen molar-refractivity contribution in [3.05, 3.63) is 59.7 Å². The van der Waals surface area contributed by atoms with Crippen molar-refractivity contribution in [2.75, 3.05) is 14.2 Å². The highest BCUT2D eigenvalue weighted by atomic mass is 16.5. The van der Waals surface area contributed by atoms with Crippen molar-refractivity contribution in [3.8, 4) is 11.5 Å². The molecular weight excluding hydrogens is 346 g/mol. The molecule has 2 rings (SSSR count). The van der Waals surface area contributed by atoms with Gasteiger partial charge in [-0.15, -0.1) is 0 Å². The minimum Gasteiger partial charge on any atom is -0.497 e. The summed E-state index contributed by atoms with van der Waals surface area (Å²) in [6.45, 7) is 2.08. The Balaban J connectivity index is 1.83. The van der Waals surface area contributed by atoms with Crippen LogP contribution in [0.15, 0.2) is 53.6 Å². The number of carbonyl (C=O) groups excluding carboxylic acids is 2. The molecule has 0 unspecified atom stereocenters. The topological polar surface area (TPSA) is 89.0 Å². The van der Waals surface area contributed by atoms with Crippen molar-refractivity contribution in [1.29, 1.82) is 0 Å². The van der Waals surface area contributed by atoms with Crippen LogP contribution in [0.1, 0.15) is 29.3 Å². The largest absolute Gasteiger partial charge is 0.497 e. The van der Waals surface area contributed by atoms with Gasteiger partial charge in [-0.25, -0.2) is 5.43 Å². The SMILES string of the molecule is COc1ccc(CNC(=O)C/C(C)=N/NC(=O)c2ccccc2OC)cc1. The summed E-state index contributed by atoms with van der Waals surface area (Å²) in [5.41, 5.74) is 4.27. The van der Waals surface area contributed by atoms with Crippen molar-refractivity contribution in [2.24, 2.45) is 5.10 Å². The Labute approximate surface area is 158 Å². The number of nitrogens with one attached hydrogen (secondary N) is 2. The van der Waals surface area contributed by atoms with Gasteiger partial charge in [0.1, 0.15) is 11.5 Å². The Hall–Kier alpha value is -3.35. The molecule has 142 valence electrons. The molecule has 0 fully saturated rings. The van der Waals surface area contributed by atoms with Gasteiger partial charge < -0.3 is 14.8 Å². The minimum absolute atomic E-state index is 0.0857. The lowest BCUT2D eigenvalue weighted by molar-refractivity contribution is -0.120. The van der Waals surface area contributed by atoms with Gasteiger partial charge in [0.25, 0.3) is 5.91 Å². The van der Waals surface area contributed by atoms with Gasteiger partial charge in [-0.1, -0.05) is 24.3 Å². The van der Waals surface area contributed by atoms with Crippen molar-refractivity contribution in [2.45, 2.75) is 19.9 Å². The first kappa shape index (κ1) is 20.0. The fourth-order valence-electron chi connectivity index (χ4n) is 2.32. The predicted molar refractivity (Wildman–Crippen MR) is 103 cm³/mol. The fraction of sp³-hybridized carbons (Fsp3) is 0.250. The number of hydrogen-bond acceptors (Lipinski definition) is 5. The summed E-state index contributed by atoms with van der Waals surface area (Å²) in [5.74, 6) is 0.642. The zero-order valence-corrected chi connectivity index (χ0v) is 15.6. The smallest absolute Gasteiger partial charge is 0.275 e. The zero-order valence-electron chi connectivity index (χ0n) is 15.6. The molecule has 0 aliphatic rings. The molecule has 0 aliphatic heterocycles. The Kier molecular flexibility index (Phi) is 7.37. The standard InChI is InChI=1S/C20H23N3O4/c1-14(22-23-20(25)17-6-4-5-7-18(17)27-3)12-19(24)21-13-15-8-10-16(26-2)11-9-15/h4-11H,12-13H2,1-3H3,(H,21,24)(H,23,25)/b22-14+. The lowest BCUT2D eigenvalue weighted by Crippen LogP contribution is -2.26. The molecule has 0 aromatic heterocycles. The van der Waals surface area contributed by atoms with Crippen molar-refractivity contribution >= 4 is 17.5 Å². The van der Waals surface area contributed by atoms with Gasteiger partial charge in [-0.2, -0.15) is 5.10 Å². The quantitative estimate of drug-likeness (QED) is 0.553. The van der Waals surface area contributed by atoms with Crippen LogP contribution < -0.4 is 20.2 Å². The zero-order chi connectivity index (χ0) is 19.6. The van der Waals surface area contributed by atoms with Gasteiger partial charge >= 0.3 is 0 Å². The third-order valence-electron chi connectivity index (χ3n) is 3.77. The van der Waals surface area contributed by atoms with Gasteiger partial charge in [0.2, 0.25) is 5.91 Å². The van der Waals surface area contributed by atoms with E-state index in [4.69, 9.17) is 9.47 Å². The van der Waals surface area contributed by atoms with E-state index < -0.39 is 5.91 Å². The van der Waals surface area contributed by atoms with Crippen LogP contribution in [0.5, 0.6) is 11.5 Å². The fourth-order valence-corrected chi connectivity index (χ4v) is 2.32. The van der Waals surface area contributed by atoms with Crippen LogP contribution in [0.3, 0.4) is 0 Å². The van der Waals surface area contributed by atoms with E-state index in [-0.39, 0.29) is 12.3 Å². The Morgan fingerprint density at radius 1 is 1.00 bits per heavy atom. The highest BCUT2D eigenvalue weighted by Gasteiger charge is 2.11. The Bertz CT molecular complexity index is 816. The van der Waals surface area contributed by atoms with Gasteiger partial charge in [0, 0.05) is 12.3 Å². The molecule has 7 heteroatoms. The molecule has 7 nitrogen and oxygen atoms in total. The molecule has 0 radical (unpaired) electrons. The number of hydrogen-bond donors (Lipinski definition) is 2. The van der Waals surface area contributed by atoms with E-state index >= 15 is 0 Å². The third-order valence-corrected chi connectivity index (χ3v) is 3.77. The summed E-state index contributed by atoms with van der Waals surface area (Å²) in [6, 6.07) is 14.3. The summed E-state index contributed by atoms with van der Waals surface area (Å²) >= 11 is 0. The second kappa shape index (κ2) is 9.96. The monoisotopic (exact) mass is 369 g/mol. The first-order chi connectivity index (χ1) is 13.0. The molecule has 0 spiro atoms. The summed E-state index contributed by atoms with van der Waals surface area (Å²) in [6.07, 6.45) is 0.0857. The Morgan fingerprint density at radius 2 is 1.70 bits per heavy atom. The van der Waals surface area contributed by atoms with Crippen LogP contribution >= 0.6 is 0 Å². The Morgan fingerprint density at radius 3 is 2.37 bits per heavy atom. The van der Waals surface area contributed by atoms with Crippen molar-refractivity contribution in [3.63, 3.8) is 0 Å². The van der Waals surface area contributed by atoms with E-state index in [9.17, 15) is 9.59 Å². The molecule has 0 saturated carbocycles.